The maximum atomic E-state index is 11.4. The molecular formula is C12H19BrN2OS. The van der Waals surface area contributed by atoms with Gasteiger partial charge in [0.05, 0.1) is 0 Å². The van der Waals surface area contributed by atoms with E-state index in [-0.39, 0.29) is 18.0 Å². The van der Waals surface area contributed by atoms with Crippen molar-refractivity contribution in [1.29, 1.82) is 0 Å². The third kappa shape index (κ3) is 5.66. The number of hydrogen-bond acceptors (Lipinski definition) is 3. The molecule has 1 rings (SSSR count). The summed E-state index contributed by atoms with van der Waals surface area (Å²) in [6, 6.07) is 2.61. The van der Waals surface area contributed by atoms with Crippen molar-refractivity contribution in [2.24, 2.45) is 0 Å². The molecule has 0 aliphatic rings. The fourth-order valence-corrected chi connectivity index (χ4v) is 2.93. The van der Waals surface area contributed by atoms with Crippen LogP contribution < -0.4 is 10.6 Å². The van der Waals surface area contributed by atoms with Gasteiger partial charge in [0.25, 0.3) is 0 Å². The van der Waals surface area contributed by atoms with Crippen molar-refractivity contribution in [2.45, 2.75) is 39.3 Å². The van der Waals surface area contributed by atoms with Crippen molar-refractivity contribution >= 4 is 33.2 Å². The first-order valence-electron chi connectivity index (χ1n) is 5.75. The highest BCUT2D eigenvalue weighted by Crippen LogP contribution is 2.25. The predicted molar refractivity (Wildman–Crippen MR) is 76.3 cm³/mol. The Balaban J connectivity index is 2.25. The summed E-state index contributed by atoms with van der Waals surface area (Å²) in [5, 5.41) is 8.29. The van der Waals surface area contributed by atoms with Crippen LogP contribution in [-0.2, 0) is 4.79 Å². The van der Waals surface area contributed by atoms with E-state index in [1.54, 1.807) is 11.3 Å². The molecule has 0 saturated carbocycles. The van der Waals surface area contributed by atoms with Gasteiger partial charge in [-0.05, 0) is 42.8 Å². The summed E-state index contributed by atoms with van der Waals surface area (Å²) >= 11 is 5.15. The topological polar surface area (TPSA) is 41.1 Å². The number of amides is 1. The molecular weight excluding hydrogens is 300 g/mol. The average Bonchev–Trinajstić information content (AvgIpc) is 2.63. The molecule has 0 fully saturated rings. The normalized spacial score (nSPS) is 12.8. The van der Waals surface area contributed by atoms with E-state index in [4.69, 9.17) is 0 Å². The molecule has 5 heteroatoms. The number of thiophene rings is 1. The van der Waals surface area contributed by atoms with Crippen LogP contribution in [0.4, 0.5) is 0 Å². The quantitative estimate of drug-likeness (QED) is 0.846. The Hall–Kier alpha value is -0.390. The highest BCUT2D eigenvalue weighted by atomic mass is 79.9. The second kappa shape index (κ2) is 7.13. The van der Waals surface area contributed by atoms with Crippen LogP contribution >= 0.6 is 27.3 Å². The summed E-state index contributed by atoms with van der Waals surface area (Å²) in [6.07, 6.45) is 0.523. The third-order valence-corrected chi connectivity index (χ3v) is 4.14. The Labute approximate surface area is 115 Å². The van der Waals surface area contributed by atoms with E-state index in [0.717, 1.165) is 4.47 Å². The SMILES string of the molecule is CC(C)NC(=O)CCNC(C)c1cc(Br)cs1. The van der Waals surface area contributed by atoms with Gasteiger partial charge in [0.2, 0.25) is 5.91 Å². The Morgan fingerprint density at radius 2 is 2.18 bits per heavy atom. The van der Waals surface area contributed by atoms with Crippen LogP contribution in [0.3, 0.4) is 0 Å². The van der Waals surface area contributed by atoms with Crippen molar-refractivity contribution in [3.63, 3.8) is 0 Å². The smallest absolute Gasteiger partial charge is 0.221 e. The van der Waals surface area contributed by atoms with Gasteiger partial charge in [-0.2, -0.15) is 0 Å². The summed E-state index contributed by atoms with van der Waals surface area (Å²) in [7, 11) is 0. The van der Waals surface area contributed by atoms with Crippen molar-refractivity contribution < 1.29 is 4.79 Å². The molecule has 1 unspecified atom stereocenters. The molecule has 1 amide bonds. The summed E-state index contributed by atoms with van der Waals surface area (Å²) < 4.78 is 1.11. The second-order valence-electron chi connectivity index (χ2n) is 4.32. The van der Waals surface area contributed by atoms with Crippen molar-refractivity contribution in [1.82, 2.24) is 10.6 Å². The molecule has 0 aromatic carbocycles. The molecule has 0 aliphatic heterocycles. The molecule has 0 spiro atoms. The minimum atomic E-state index is 0.104. The maximum Gasteiger partial charge on any atom is 0.221 e. The summed E-state index contributed by atoms with van der Waals surface area (Å²) in [5.41, 5.74) is 0. The molecule has 0 aliphatic carbocycles. The van der Waals surface area contributed by atoms with Crippen LogP contribution in [-0.4, -0.2) is 18.5 Å². The fourth-order valence-electron chi connectivity index (χ4n) is 1.45. The van der Waals surface area contributed by atoms with Crippen LogP contribution in [0.15, 0.2) is 15.9 Å². The molecule has 2 N–H and O–H groups in total. The third-order valence-electron chi connectivity index (χ3n) is 2.27. The van der Waals surface area contributed by atoms with E-state index in [2.05, 4.69) is 44.9 Å². The largest absolute Gasteiger partial charge is 0.354 e. The molecule has 0 bridgehead atoms. The number of rotatable bonds is 6. The molecule has 1 aromatic heterocycles. The molecule has 1 atom stereocenters. The lowest BCUT2D eigenvalue weighted by molar-refractivity contribution is -0.121. The molecule has 96 valence electrons. The molecule has 1 aromatic rings. The van der Waals surface area contributed by atoms with E-state index in [9.17, 15) is 4.79 Å². The molecule has 1 heterocycles. The van der Waals surface area contributed by atoms with E-state index < -0.39 is 0 Å². The van der Waals surface area contributed by atoms with Gasteiger partial charge in [-0.1, -0.05) is 0 Å². The Morgan fingerprint density at radius 1 is 1.47 bits per heavy atom. The van der Waals surface area contributed by atoms with Crippen LogP contribution in [0.5, 0.6) is 0 Å². The van der Waals surface area contributed by atoms with E-state index in [1.165, 1.54) is 4.88 Å². The Morgan fingerprint density at radius 3 is 2.71 bits per heavy atom. The molecule has 17 heavy (non-hydrogen) atoms. The first kappa shape index (κ1) is 14.7. The zero-order valence-corrected chi connectivity index (χ0v) is 12.8. The predicted octanol–water partition coefficient (Wildman–Crippen LogP) is 3.08. The number of hydrogen-bond donors (Lipinski definition) is 2. The van der Waals surface area contributed by atoms with E-state index in [0.29, 0.717) is 13.0 Å². The number of nitrogens with one attached hydrogen (secondary N) is 2. The average molecular weight is 319 g/mol. The molecule has 0 saturated heterocycles. The van der Waals surface area contributed by atoms with Crippen LogP contribution in [0, 0.1) is 0 Å². The Kier molecular flexibility index (Phi) is 6.16. The zero-order valence-electron chi connectivity index (χ0n) is 10.4. The lowest BCUT2D eigenvalue weighted by Gasteiger charge is -2.12. The van der Waals surface area contributed by atoms with E-state index in [1.807, 2.05) is 13.8 Å². The van der Waals surface area contributed by atoms with Gasteiger partial charge in [0.1, 0.15) is 0 Å². The summed E-state index contributed by atoms with van der Waals surface area (Å²) in [5.74, 6) is 0.104. The van der Waals surface area contributed by atoms with Crippen molar-refractivity contribution in [2.75, 3.05) is 6.54 Å². The lowest BCUT2D eigenvalue weighted by Crippen LogP contribution is -2.33. The first-order chi connectivity index (χ1) is 7.99. The number of carbonyl (C=O) groups excluding carboxylic acids is 1. The monoisotopic (exact) mass is 318 g/mol. The highest BCUT2D eigenvalue weighted by Gasteiger charge is 2.08. The van der Waals surface area contributed by atoms with Crippen molar-refractivity contribution in [3.8, 4) is 0 Å². The van der Waals surface area contributed by atoms with Gasteiger partial charge >= 0.3 is 0 Å². The molecule has 3 nitrogen and oxygen atoms in total. The summed E-state index contributed by atoms with van der Waals surface area (Å²) in [4.78, 5) is 12.7. The van der Waals surface area contributed by atoms with Gasteiger partial charge in [-0.3, -0.25) is 4.79 Å². The van der Waals surface area contributed by atoms with E-state index >= 15 is 0 Å². The highest BCUT2D eigenvalue weighted by molar-refractivity contribution is 9.10. The minimum absolute atomic E-state index is 0.104. The van der Waals surface area contributed by atoms with Crippen LogP contribution in [0.2, 0.25) is 0 Å². The maximum absolute atomic E-state index is 11.4. The van der Waals surface area contributed by atoms with Gasteiger partial charge < -0.3 is 10.6 Å². The van der Waals surface area contributed by atoms with Crippen molar-refractivity contribution in [3.05, 3.63) is 20.8 Å². The zero-order chi connectivity index (χ0) is 12.8. The number of carbonyl (C=O) groups is 1. The standard InChI is InChI=1S/C12H19BrN2OS/c1-8(2)15-12(16)4-5-14-9(3)11-6-10(13)7-17-11/h6-9,14H,4-5H2,1-3H3,(H,15,16). The van der Waals surface area contributed by atoms with Crippen LogP contribution in [0.25, 0.3) is 0 Å². The number of halogens is 1. The van der Waals surface area contributed by atoms with Gasteiger partial charge in [-0.15, -0.1) is 11.3 Å². The minimum Gasteiger partial charge on any atom is -0.354 e. The fraction of sp³-hybridized carbons (Fsp3) is 0.583. The second-order valence-corrected chi connectivity index (χ2v) is 6.17. The Bertz CT molecular complexity index is 365. The lowest BCUT2D eigenvalue weighted by atomic mass is 10.2. The van der Waals surface area contributed by atoms with Crippen LogP contribution in [0.1, 0.15) is 38.1 Å². The van der Waals surface area contributed by atoms with Gasteiger partial charge in [0.15, 0.2) is 0 Å². The van der Waals surface area contributed by atoms with Gasteiger partial charge in [0, 0.05) is 39.8 Å². The first-order valence-corrected chi connectivity index (χ1v) is 7.43. The summed E-state index contributed by atoms with van der Waals surface area (Å²) in [6.45, 7) is 6.75. The van der Waals surface area contributed by atoms with Gasteiger partial charge in [-0.25, -0.2) is 0 Å². The molecule has 0 radical (unpaired) electrons.